The van der Waals surface area contributed by atoms with E-state index in [9.17, 15) is 0 Å². The Morgan fingerprint density at radius 3 is 2.25 bits per heavy atom. The maximum absolute atomic E-state index is 6.04. The highest BCUT2D eigenvalue weighted by Gasteiger charge is 2.45. The van der Waals surface area contributed by atoms with E-state index in [2.05, 4.69) is 46.9 Å². The van der Waals surface area contributed by atoms with Crippen molar-refractivity contribution < 1.29 is 9.47 Å². The van der Waals surface area contributed by atoms with Crippen LogP contribution in [0.4, 0.5) is 0 Å². The van der Waals surface area contributed by atoms with Gasteiger partial charge in [-0.05, 0) is 48.0 Å². The van der Waals surface area contributed by atoms with Gasteiger partial charge in [-0.2, -0.15) is 0 Å². The van der Waals surface area contributed by atoms with Crippen LogP contribution in [-0.4, -0.2) is 36.5 Å². The smallest absolute Gasteiger partial charge is 0.0787 e. The molecule has 0 aromatic rings. The average Bonchev–Trinajstić information content (AvgIpc) is 2.31. The summed E-state index contributed by atoms with van der Waals surface area (Å²) in [6, 6.07) is 0.386. The van der Waals surface area contributed by atoms with Gasteiger partial charge in [-0.1, -0.05) is 0 Å². The first-order valence-electron chi connectivity index (χ1n) is 6.07. The van der Waals surface area contributed by atoms with Crippen LogP contribution in [0, 0.1) is 0 Å². The van der Waals surface area contributed by atoms with Crippen molar-refractivity contribution in [1.82, 2.24) is 5.32 Å². The molecule has 1 fully saturated rings. The average molecular weight is 229 g/mol. The summed E-state index contributed by atoms with van der Waals surface area (Å²) in [5.41, 5.74) is -0.255. The second-order valence-corrected chi connectivity index (χ2v) is 6.57. The van der Waals surface area contributed by atoms with Crippen molar-refractivity contribution in [3.63, 3.8) is 0 Å². The highest BCUT2D eigenvalue weighted by Crippen LogP contribution is 2.37. The third kappa shape index (κ3) is 3.44. The topological polar surface area (TPSA) is 30.5 Å². The fraction of sp³-hybridized carbons (Fsp3) is 1.00. The molecule has 0 radical (unpaired) electrons. The van der Waals surface area contributed by atoms with E-state index in [4.69, 9.17) is 9.47 Å². The molecule has 16 heavy (non-hydrogen) atoms. The zero-order chi connectivity index (χ0) is 12.6. The molecule has 3 heteroatoms. The Balaban J connectivity index is 2.55. The van der Waals surface area contributed by atoms with Gasteiger partial charge < -0.3 is 14.8 Å². The summed E-state index contributed by atoms with van der Waals surface area (Å²) < 4.78 is 11.5. The van der Waals surface area contributed by atoms with Crippen molar-refractivity contribution in [3.05, 3.63) is 0 Å². The molecule has 0 aromatic heterocycles. The Hall–Kier alpha value is -0.120. The van der Waals surface area contributed by atoms with Gasteiger partial charge in [0.05, 0.1) is 16.8 Å². The minimum atomic E-state index is -0.122. The summed E-state index contributed by atoms with van der Waals surface area (Å²) >= 11 is 0. The van der Waals surface area contributed by atoms with Gasteiger partial charge in [0.25, 0.3) is 0 Å². The quantitative estimate of drug-likeness (QED) is 0.802. The van der Waals surface area contributed by atoms with Crippen molar-refractivity contribution in [2.24, 2.45) is 0 Å². The molecule has 1 atom stereocenters. The normalized spacial score (nSPS) is 28.3. The molecule has 0 aliphatic carbocycles. The largest absolute Gasteiger partial charge is 0.377 e. The molecular weight excluding hydrogens is 202 g/mol. The van der Waals surface area contributed by atoms with Crippen molar-refractivity contribution in [3.8, 4) is 0 Å². The first-order chi connectivity index (χ1) is 7.08. The maximum atomic E-state index is 6.04. The highest BCUT2D eigenvalue weighted by molar-refractivity contribution is 4.99. The highest BCUT2D eigenvalue weighted by atomic mass is 16.5. The molecule has 3 nitrogen and oxygen atoms in total. The fourth-order valence-electron chi connectivity index (χ4n) is 2.32. The van der Waals surface area contributed by atoms with Crippen LogP contribution in [0.5, 0.6) is 0 Å². The number of rotatable bonds is 4. The lowest BCUT2D eigenvalue weighted by atomic mass is 9.94. The SMILES string of the molecule is COC(C)(C)CNC1CC(C)(C)OC1(C)C. The first-order valence-corrected chi connectivity index (χ1v) is 6.07. The van der Waals surface area contributed by atoms with E-state index >= 15 is 0 Å². The molecule has 96 valence electrons. The summed E-state index contributed by atoms with van der Waals surface area (Å²) in [5, 5.41) is 3.57. The van der Waals surface area contributed by atoms with Crippen LogP contribution in [0.25, 0.3) is 0 Å². The molecule has 1 saturated heterocycles. The Labute approximate surface area is 99.9 Å². The maximum Gasteiger partial charge on any atom is 0.0787 e. The molecule has 1 unspecified atom stereocenters. The summed E-state index contributed by atoms with van der Waals surface area (Å²) in [6.07, 6.45) is 1.04. The van der Waals surface area contributed by atoms with Crippen LogP contribution in [0.15, 0.2) is 0 Å². The molecule has 0 amide bonds. The van der Waals surface area contributed by atoms with Gasteiger partial charge in [0.1, 0.15) is 0 Å². The van der Waals surface area contributed by atoms with Crippen molar-refractivity contribution >= 4 is 0 Å². The van der Waals surface area contributed by atoms with E-state index < -0.39 is 0 Å². The molecule has 1 N–H and O–H groups in total. The zero-order valence-corrected chi connectivity index (χ0v) is 11.8. The molecule has 0 aromatic carbocycles. The predicted octanol–water partition coefficient (Wildman–Crippen LogP) is 2.35. The number of hydrogen-bond donors (Lipinski definition) is 1. The molecule has 1 aliphatic heterocycles. The van der Waals surface area contributed by atoms with E-state index in [0.717, 1.165) is 13.0 Å². The minimum absolute atomic E-state index is 0.0294. The van der Waals surface area contributed by atoms with Crippen LogP contribution >= 0.6 is 0 Å². The monoisotopic (exact) mass is 229 g/mol. The third-order valence-electron chi connectivity index (χ3n) is 3.40. The van der Waals surface area contributed by atoms with E-state index in [1.54, 1.807) is 7.11 Å². The predicted molar refractivity (Wildman–Crippen MR) is 66.7 cm³/mol. The second-order valence-electron chi connectivity index (χ2n) is 6.57. The van der Waals surface area contributed by atoms with Gasteiger partial charge in [-0.3, -0.25) is 0 Å². The minimum Gasteiger partial charge on any atom is -0.377 e. The Kier molecular flexibility index (Phi) is 3.73. The van der Waals surface area contributed by atoms with Gasteiger partial charge in [-0.25, -0.2) is 0 Å². The summed E-state index contributed by atoms with van der Waals surface area (Å²) in [7, 11) is 1.75. The van der Waals surface area contributed by atoms with E-state index in [1.807, 2.05) is 0 Å². The lowest BCUT2D eigenvalue weighted by Gasteiger charge is -2.31. The van der Waals surface area contributed by atoms with Gasteiger partial charge in [0.15, 0.2) is 0 Å². The van der Waals surface area contributed by atoms with Gasteiger partial charge >= 0.3 is 0 Å². The van der Waals surface area contributed by atoms with Crippen LogP contribution < -0.4 is 5.32 Å². The van der Waals surface area contributed by atoms with Crippen LogP contribution in [0.1, 0.15) is 48.0 Å². The Morgan fingerprint density at radius 2 is 1.88 bits per heavy atom. The molecule has 0 saturated carbocycles. The Morgan fingerprint density at radius 1 is 1.31 bits per heavy atom. The van der Waals surface area contributed by atoms with E-state index in [1.165, 1.54) is 0 Å². The van der Waals surface area contributed by atoms with Crippen LogP contribution in [0.3, 0.4) is 0 Å². The molecule has 1 aliphatic rings. The standard InChI is InChI=1S/C13H27NO2/c1-11(2)8-10(13(5,6)16-11)14-9-12(3,4)15-7/h10,14H,8-9H2,1-7H3. The number of nitrogens with one attached hydrogen (secondary N) is 1. The summed E-state index contributed by atoms with van der Waals surface area (Å²) in [5.74, 6) is 0. The van der Waals surface area contributed by atoms with Gasteiger partial charge in [-0.15, -0.1) is 0 Å². The zero-order valence-electron chi connectivity index (χ0n) is 11.8. The number of methoxy groups -OCH3 is 1. The lowest BCUT2D eigenvalue weighted by molar-refractivity contribution is -0.0713. The molecule has 0 bridgehead atoms. The molecule has 1 rings (SSSR count). The van der Waals surface area contributed by atoms with Crippen molar-refractivity contribution in [1.29, 1.82) is 0 Å². The van der Waals surface area contributed by atoms with Gasteiger partial charge in [0, 0.05) is 19.7 Å². The molecule has 0 spiro atoms. The lowest BCUT2D eigenvalue weighted by Crippen LogP contribution is -2.48. The fourth-order valence-corrected chi connectivity index (χ4v) is 2.32. The summed E-state index contributed by atoms with van der Waals surface area (Å²) in [4.78, 5) is 0. The number of ether oxygens (including phenoxy) is 2. The van der Waals surface area contributed by atoms with Crippen LogP contribution in [-0.2, 0) is 9.47 Å². The third-order valence-corrected chi connectivity index (χ3v) is 3.40. The van der Waals surface area contributed by atoms with Crippen LogP contribution in [0.2, 0.25) is 0 Å². The molecular formula is C13H27NO2. The van der Waals surface area contributed by atoms with Crippen molar-refractivity contribution in [2.45, 2.75) is 70.8 Å². The Bertz CT molecular complexity index is 246. The van der Waals surface area contributed by atoms with E-state index in [0.29, 0.717) is 6.04 Å². The number of hydrogen-bond acceptors (Lipinski definition) is 3. The van der Waals surface area contributed by atoms with Crippen molar-refractivity contribution in [2.75, 3.05) is 13.7 Å². The first kappa shape index (κ1) is 13.9. The van der Waals surface area contributed by atoms with Gasteiger partial charge in [0.2, 0.25) is 0 Å². The molecule has 1 heterocycles. The second kappa shape index (κ2) is 4.28. The summed E-state index contributed by atoms with van der Waals surface area (Å²) in [6.45, 7) is 13.6. The van der Waals surface area contributed by atoms with E-state index in [-0.39, 0.29) is 16.8 Å².